The smallest absolute Gasteiger partial charge is 0.347 e. The molecule has 5 rings (SSSR count). The lowest BCUT2D eigenvalue weighted by Crippen LogP contribution is -2.56. The fraction of sp³-hybridized carbons (Fsp3) is 0.560. The Hall–Kier alpha value is -3.64. The first kappa shape index (κ1) is 26.0. The molecule has 0 unspecified atom stereocenters. The van der Waals surface area contributed by atoms with Gasteiger partial charge in [0.1, 0.15) is 18.2 Å². The van der Waals surface area contributed by atoms with Crippen molar-refractivity contribution in [2.75, 3.05) is 20.2 Å². The number of nitrogens with zero attached hydrogens (tertiary/aromatic N) is 7. The number of aliphatic hydroxyl groups is 1. The Kier molecular flexibility index (Phi) is 7.26. The van der Waals surface area contributed by atoms with E-state index in [9.17, 15) is 19.5 Å². The van der Waals surface area contributed by atoms with Crippen molar-refractivity contribution in [2.24, 2.45) is 18.1 Å². The van der Waals surface area contributed by atoms with Gasteiger partial charge in [-0.15, -0.1) is 0 Å². The van der Waals surface area contributed by atoms with Crippen molar-refractivity contribution in [1.29, 1.82) is 0 Å². The molecule has 38 heavy (non-hydrogen) atoms. The van der Waals surface area contributed by atoms with Crippen molar-refractivity contribution in [3.8, 4) is 0 Å². The van der Waals surface area contributed by atoms with Crippen molar-refractivity contribution in [3.05, 3.63) is 79.0 Å². The minimum Gasteiger partial charge on any atom is -0.468 e. The van der Waals surface area contributed by atoms with Crippen LogP contribution in [0.25, 0.3) is 10.4 Å². The van der Waals surface area contributed by atoms with Gasteiger partial charge in [-0.05, 0) is 41.8 Å². The van der Waals surface area contributed by atoms with E-state index in [-0.39, 0.29) is 25.4 Å². The van der Waals surface area contributed by atoms with Gasteiger partial charge in [-0.25, -0.2) is 23.5 Å². The predicted octanol–water partition coefficient (Wildman–Crippen LogP) is 1.24. The lowest BCUT2D eigenvalue weighted by atomic mass is 9.90. The summed E-state index contributed by atoms with van der Waals surface area (Å²) >= 11 is 0. The van der Waals surface area contributed by atoms with Crippen molar-refractivity contribution in [1.82, 2.24) is 19.0 Å². The summed E-state index contributed by atoms with van der Waals surface area (Å²) in [6, 6.07) is 7.40. The molecule has 0 bridgehead atoms. The highest BCUT2D eigenvalue weighted by atomic mass is 16.7. The molecular weight excluding hydrogens is 494 g/mol. The zero-order valence-corrected chi connectivity index (χ0v) is 21.3. The Morgan fingerprint density at radius 3 is 2.61 bits per heavy atom. The quantitative estimate of drug-likeness (QED) is 0.170. The van der Waals surface area contributed by atoms with Crippen LogP contribution < -0.4 is 11.4 Å². The number of aromatic nitrogens is 3. The van der Waals surface area contributed by atoms with Crippen LogP contribution in [0.1, 0.15) is 36.9 Å². The third-order valence-electron chi connectivity index (χ3n) is 7.58. The molecule has 3 aliphatic rings. The predicted molar refractivity (Wildman–Crippen MR) is 135 cm³/mol. The molecule has 3 heterocycles. The summed E-state index contributed by atoms with van der Waals surface area (Å²) in [4.78, 5) is 48.6. The molecular formula is C25H31N7O6. The highest BCUT2D eigenvalue weighted by Gasteiger charge is 2.50. The van der Waals surface area contributed by atoms with Crippen LogP contribution >= 0.6 is 0 Å². The van der Waals surface area contributed by atoms with Crippen LogP contribution in [-0.2, 0) is 27.8 Å². The van der Waals surface area contributed by atoms with Crippen LogP contribution in [-0.4, -0.2) is 68.5 Å². The number of hydroxylamine groups is 2. The molecule has 1 aromatic heterocycles. The second-order valence-corrected chi connectivity index (χ2v) is 10.0. The minimum absolute atomic E-state index is 0.0357. The zero-order valence-electron chi connectivity index (χ0n) is 21.3. The zero-order chi connectivity index (χ0) is 27.0. The van der Waals surface area contributed by atoms with Crippen LogP contribution in [0.15, 0.2) is 56.7 Å². The Morgan fingerprint density at radius 1 is 1.24 bits per heavy atom. The van der Waals surface area contributed by atoms with Gasteiger partial charge in [0.25, 0.3) is 0 Å². The first-order chi connectivity index (χ1) is 18.3. The monoisotopic (exact) mass is 525 g/mol. The topological polar surface area (TPSA) is 157 Å². The second-order valence-electron chi connectivity index (χ2n) is 10.0. The molecule has 5 atom stereocenters. The number of ether oxygens (including phenoxy) is 1. The summed E-state index contributed by atoms with van der Waals surface area (Å²) < 4.78 is 8.83. The van der Waals surface area contributed by atoms with E-state index in [1.54, 1.807) is 11.1 Å². The summed E-state index contributed by atoms with van der Waals surface area (Å²) in [7, 11) is 2.74. The molecule has 202 valence electrons. The Bertz CT molecular complexity index is 1390. The van der Waals surface area contributed by atoms with E-state index in [2.05, 4.69) is 10.0 Å². The number of carbonyl (C=O) groups excluding carboxylic acids is 1. The van der Waals surface area contributed by atoms with Gasteiger partial charge in [0, 0.05) is 31.5 Å². The van der Waals surface area contributed by atoms with Crippen LogP contribution in [0.3, 0.4) is 0 Å². The lowest BCUT2D eigenvalue weighted by molar-refractivity contribution is -0.252. The molecule has 13 heteroatoms. The fourth-order valence-corrected chi connectivity index (χ4v) is 5.48. The first-order valence-corrected chi connectivity index (χ1v) is 12.7. The molecule has 0 radical (unpaired) electrons. The van der Waals surface area contributed by atoms with Crippen LogP contribution in [0.5, 0.6) is 0 Å². The minimum atomic E-state index is -1.09. The highest BCUT2D eigenvalue weighted by Crippen LogP contribution is 2.46. The highest BCUT2D eigenvalue weighted by molar-refractivity contribution is 5.76. The number of esters is 1. The van der Waals surface area contributed by atoms with Crippen LogP contribution in [0.4, 0.5) is 0 Å². The summed E-state index contributed by atoms with van der Waals surface area (Å²) in [5, 5.41) is 16.1. The molecule has 13 nitrogen and oxygen atoms in total. The fourth-order valence-electron chi connectivity index (χ4n) is 5.48. The van der Waals surface area contributed by atoms with E-state index in [4.69, 9.17) is 15.1 Å². The van der Waals surface area contributed by atoms with E-state index >= 15 is 0 Å². The van der Waals surface area contributed by atoms with Gasteiger partial charge in [0.05, 0.1) is 19.3 Å². The SMILES string of the molecule is COC(=O)[C@H](Cc1ccccc1)N1CC2=C[C@H]([C@@H](O)CCN=[N+]=[N-])n3c(=O)n(C)c(=O)n3[C@@H]2[C@@H](C2CC2)O1. The lowest BCUT2D eigenvalue weighted by Gasteiger charge is -2.45. The largest absolute Gasteiger partial charge is 0.468 e. The number of rotatable bonds is 9. The average molecular weight is 526 g/mol. The number of methoxy groups -OCH3 is 1. The summed E-state index contributed by atoms with van der Waals surface area (Å²) in [5.41, 5.74) is 9.29. The van der Waals surface area contributed by atoms with Crippen molar-refractivity contribution >= 4 is 5.97 Å². The maximum absolute atomic E-state index is 13.3. The molecule has 1 aromatic carbocycles. The summed E-state index contributed by atoms with van der Waals surface area (Å²) in [5.74, 6) is -0.304. The van der Waals surface area contributed by atoms with Crippen LogP contribution in [0, 0.1) is 5.92 Å². The van der Waals surface area contributed by atoms with Gasteiger partial charge in [-0.2, -0.15) is 5.06 Å². The summed E-state index contributed by atoms with van der Waals surface area (Å²) in [6.45, 7) is 0.212. The Morgan fingerprint density at radius 2 is 1.95 bits per heavy atom. The number of aliphatic hydroxyl groups excluding tert-OH is 1. The Balaban J connectivity index is 1.56. The first-order valence-electron chi connectivity index (χ1n) is 12.7. The normalized spacial score (nSPS) is 24.4. The number of fused-ring (bicyclic) bond motifs is 3. The van der Waals surface area contributed by atoms with E-state index in [0.717, 1.165) is 28.5 Å². The van der Waals surface area contributed by atoms with Gasteiger partial charge in [0.2, 0.25) is 0 Å². The van der Waals surface area contributed by atoms with Gasteiger partial charge < -0.3 is 9.84 Å². The van der Waals surface area contributed by atoms with Gasteiger partial charge in [-0.1, -0.05) is 41.5 Å². The van der Waals surface area contributed by atoms with E-state index in [1.807, 2.05) is 30.3 Å². The standard InChI is InChI=1S/C25H31N7O6/c1-29-24(35)31-18(20(33)10-11-27-28-26)13-17-14-30(19(23(34)37-2)12-15-6-4-3-5-7-15)38-22(16-8-9-16)21(17)32(31)25(29)36/h3-7,13,16,18-22,33H,8-12,14H2,1-2H3/t18-,19+,20+,21+,22-/m1/s1. The molecule has 2 aliphatic heterocycles. The number of hydrogen-bond acceptors (Lipinski definition) is 8. The van der Waals surface area contributed by atoms with Gasteiger partial charge >= 0.3 is 17.3 Å². The third kappa shape index (κ3) is 4.69. The van der Waals surface area contributed by atoms with Crippen LogP contribution in [0.2, 0.25) is 0 Å². The third-order valence-corrected chi connectivity index (χ3v) is 7.58. The summed E-state index contributed by atoms with van der Waals surface area (Å²) in [6.07, 6.45) is 2.48. The van der Waals surface area contributed by atoms with E-state index < -0.39 is 47.7 Å². The molecule has 1 aliphatic carbocycles. The molecule has 2 aromatic rings. The van der Waals surface area contributed by atoms with Gasteiger partial charge in [-0.3, -0.25) is 9.63 Å². The average Bonchev–Trinajstić information content (AvgIpc) is 3.76. The van der Waals surface area contributed by atoms with Crippen molar-refractivity contribution in [3.63, 3.8) is 0 Å². The second kappa shape index (κ2) is 10.6. The Labute approximate surface area is 218 Å². The van der Waals surface area contributed by atoms with Gasteiger partial charge in [0.15, 0.2) is 0 Å². The molecule has 0 amide bonds. The molecule has 0 spiro atoms. The number of azide groups is 1. The molecule has 2 fully saturated rings. The molecule has 1 saturated heterocycles. The van der Waals surface area contributed by atoms with Crippen molar-refractivity contribution < 1.29 is 19.5 Å². The maximum Gasteiger partial charge on any atom is 0.347 e. The number of carbonyl (C=O) groups is 1. The van der Waals surface area contributed by atoms with Crippen molar-refractivity contribution in [2.45, 2.75) is 56.0 Å². The number of benzene rings is 1. The molecule has 1 N–H and O–H groups in total. The van der Waals surface area contributed by atoms with E-state index in [1.165, 1.54) is 23.5 Å². The number of hydrogen-bond donors (Lipinski definition) is 1. The molecule has 1 saturated carbocycles. The maximum atomic E-state index is 13.3. The van der Waals surface area contributed by atoms with E-state index in [0.29, 0.717) is 6.42 Å².